The molecule has 1 unspecified atom stereocenters. The molecule has 3 rings (SSSR count). The van der Waals surface area contributed by atoms with E-state index in [0.29, 0.717) is 19.5 Å². The Morgan fingerprint density at radius 1 is 1.14 bits per heavy atom. The molecule has 3 heterocycles. The third-order valence-corrected chi connectivity index (χ3v) is 5.56. The Labute approximate surface area is 168 Å². The average Bonchev–Trinajstić information content (AvgIpc) is 3.43. The Morgan fingerprint density at radius 3 is 2.57 bits per heavy atom. The van der Waals surface area contributed by atoms with Gasteiger partial charge in [-0.2, -0.15) is 0 Å². The number of rotatable bonds is 8. The van der Waals surface area contributed by atoms with Crippen LogP contribution in [0.3, 0.4) is 0 Å². The van der Waals surface area contributed by atoms with Crippen LogP contribution in [0.4, 0.5) is 0 Å². The van der Waals surface area contributed by atoms with Crippen molar-refractivity contribution in [1.82, 2.24) is 20.4 Å². The van der Waals surface area contributed by atoms with E-state index in [1.165, 1.54) is 19.3 Å². The highest BCUT2D eigenvalue weighted by molar-refractivity contribution is 5.81. The zero-order chi connectivity index (χ0) is 19.6. The van der Waals surface area contributed by atoms with Gasteiger partial charge in [0.1, 0.15) is 5.76 Å². The number of carbonyl (C=O) groups is 1. The average molecular weight is 390 g/mol. The van der Waals surface area contributed by atoms with Crippen LogP contribution in [0.1, 0.15) is 57.3 Å². The summed E-state index contributed by atoms with van der Waals surface area (Å²) < 4.78 is 5.71. The SMILES string of the molecule is CCNC(=NCC(c1ccco1)N1CCCCC1)NCCC(=O)N1CCCC1. The molecule has 1 aromatic rings. The Kier molecular flexibility index (Phi) is 8.21. The molecule has 1 atom stereocenters. The summed E-state index contributed by atoms with van der Waals surface area (Å²) in [7, 11) is 0. The summed E-state index contributed by atoms with van der Waals surface area (Å²) in [4.78, 5) is 21.5. The second kappa shape index (κ2) is 11.1. The first-order chi connectivity index (χ1) is 13.8. The number of piperidine rings is 1. The molecule has 7 heteroatoms. The molecule has 156 valence electrons. The first-order valence-electron chi connectivity index (χ1n) is 10.9. The van der Waals surface area contributed by atoms with Crippen LogP contribution in [0.5, 0.6) is 0 Å². The Bertz CT molecular complexity index is 604. The van der Waals surface area contributed by atoms with Crippen LogP contribution in [-0.4, -0.2) is 67.5 Å². The summed E-state index contributed by atoms with van der Waals surface area (Å²) in [6, 6.07) is 4.16. The van der Waals surface area contributed by atoms with Gasteiger partial charge in [-0.3, -0.25) is 14.7 Å². The first-order valence-corrected chi connectivity index (χ1v) is 10.9. The van der Waals surface area contributed by atoms with Crippen molar-refractivity contribution in [2.75, 3.05) is 45.8 Å². The monoisotopic (exact) mass is 389 g/mol. The van der Waals surface area contributed by atoms with Crippen molar-refractivity contribution in [3.63, 3.8) is 0 Å². The van der Waals surface area contributed by atoms with Gasteiger partial charge in [-0.05, 0) is 57.8 Å². The standard InChI is InChI=1S/C21H35N5O2/c1-2-22-21(23-11-10-20(27)26-14-6-7-15-26)24-17-18(19-9-8-16-28-19)25-12-4-3-5-13-25/h8-9,16,18H,2-7,10-15,17H2,1H3,(H2,22,23,24). The molecule has 0 aromatic carbocycles. The second-order valence-corrected chi connectivity index (χ2v) is 7.61. The molecule has 1 aromatic heterocycles. The molecule has 28 heavy (non-hydrogen) atoms. The number of hydrogen-bond donors (Lipinski definition) is 2. The summed E-state index contributed by atoms with van der Waals surface area (Å²) in [5.41, 5.74) is 0. The summed E-state index contributed by atoms with van der Waals surface area (Å²) >= 11 is 0. The smallest absolute Gasteiger partial charge is 0.224 e. The van der Waals surface area contributed by atoms with E-state index < -0.39 is 0 Å². The maximum absolute atomic E-state index is 12.2. The van der Waals surface area contributed by atoms with E-state index in [9.17, 15) is 4.79 Å². The summed E-state index contributed by atoms with van der Waals surface area (Å²) in [6.07, 6.45) is 8.29. The maximum atomic E-state index is 12.2. The lowest BCUT2D eigenvalue weighted by Gasteiger charge is -2.32. The van der Waals surface area contributed by atoms with Crippen molar-refractivity contribution in [2.24, 2.45) is 4.99 Å². The number of hydrogen-bond acceptors (Lipinski definition) is 4. The van der Waals surface area contributed by atoms with Crippen LogP contribution in [0.15, 0.2) is 27.8 Å². The van der Waals surface area contributed by atoms with Crippen molar-refractivity contribution in [2.45, 2.75) is 51.5 Å². The molecular formula is C21H35N5O2. The van der Waals surface area contributed by atoms with E-state index in [1.54, 1.807) is 6.26 Å². The van der Waals surface area contributed by atoms with Gasteiger partial charge in [0.2, 0.25) is 5.91 Å². The van der Waals surface area contributed by atoms with Gasteiger partial charge in [0.15, 0.2) is 5.96 Å². The van der Waals surface area contributed by atoms with E-state index in [0.717, 1.165) is 57.3 Å². The molecular weight excluding hydrogens is 354 g/mol. The van der Waals surface area contributed by atoms with Gasteiger partial charge in [-0.15, -0.1) is 0 Å². The predicted octanol–water partition coefficient (Wildman–Crippen LogP) is 2.37. The van der Waals surface area contributed by atoms with E-state index in [4.69, 9.17) is 9.41 Å². The van der Waals surface area contributed by atoms with Gasteiger partial charge in [0.05, 0.1) is 18.8 Å². The minimum atomic E-state index is 0.164. The van der Waals surface area contributed by atoms with Crippen molar-refractivity contribution < 1.29 is 9.21 Å². The summed E-state index contributed by atoms with van der Waals surface area (Å²) in [5.74, 6) is 1.98. The molecule has 1 amide bonds. The molecule has 0 saturated carbocycles. The molecule has 2 saturated heterocycles. The van der Waals surface area contributed by atoms with E-state index in [-0.39, 0.29) is 11.9 Å². The Balaban J connectivity index is 1.55. The number of aliphatic imine (C=N–C) groups is 1. The summed E-state index contributed by atoms with van der Waals surface area (Å²) in [5, 5.41) is 6.62. The van der Waals surface area contributed by atoms with Gasteiger partial charge < -0.3 is 20.0 Å². The molecule has 0 bridgehead atoms. The van der Waals surface area contributed by atoms with Crippen LogP contribution in [0, 0.1) is 0 Å². The molecule has 2 fully saturated rings. The van der Waals surface area contributed by atoms with Gasteiger partial charge >= 0.3 is 0 Å². The van der Waals surface area contributed by atoms with Crippen LogP contribution in [0.25, 0.3) is 0 Å². The zero-order valence-electron chi connectivity index (χ0n) is 17.2. The molecule has 0 spiro atoms. The minimum absolute atomic E-state index is 0.164. The highest BCUT2D eigenvalue weighted by Gasteiger charge is 2.24. The van der Waals surface area contributed by atoms with Gasteiger partial charge in [-0.1, -0.05) is 6.42 Å². The maximum Gasteiger partial charge on any atom is 0.224 e. The van der Waals surface area contributed by atoms with Gasteiger partial charge in [-0.25, -0.2) is 0 Å². The third kappa shape index (κ3) is 5.99. The molecule has 2 aliphatic heterocycles. The number of guanidine groups is 1. The van der Waals surface area contributed by atoms with Gasteiger partial charge in [0.25, 0.3) is 0 Å². The number of carbonyl (C=O) groups excluding carboxylic acids is 1. The van der Waals surface area contributed by atoms with Gasteiger partial charge in [0, 0.05) is 32.6 Å². The number of furan rings is 1. The first kappa shape index (κ1) is 20.7. The molecule has 2 aliphatic rings. The van der Waals surface area contributed by atoms with Crippen molar-refractivity contribution >= 4 is 11.9 Å². The fourth-order valence-corrected chi connectivity index (χ4v) is 4.03. The lowest BCUT2D eigenvalue weighted by Crippen LogP contribution is -2.41. The Morgan fingerprint density at radius 2 is 1.89 bits per heavy atom. The fraction of sp³-hybridized carbons (Fsp3) is 0.714. The highest BCUT2D eigenvalue weighted by Crippen LogP contribution is 2.25. The second-order valence-electron chi connectivity index (χ2n) is 7.61. The topological polar surface area (TPSA) is 73.1 Å². The van der Waals surface area contributed by atoms with E-state index in [1.807, 2.05) is 17.0 Å². The third-order valence-electron chi connectivity index (χ3n) is 5.56. The molecule has 0 radical (unpaired) electrons. The zero-order valence-corrected chi connectivity index (χ0v) is 17.2. The lowest BCUT2D eigenvalue weighted by atomic mass is 10.1. The highest BCUT2D eigenvalue weighted by atomic mass is 16.3. The molecule has 7 nitrogen and oxygen atoms in total. The normalized spacial score (nSPS) is 19.6. The van der Waals surface area contributed by atoms with Crippen LogP contribution in [0.2, 0.25) is 0 Å². The van der Waals surface area contributed by atoms with Crippen molar-refractivity contribution in [3.8, 4) is 0 Å². The number of nitrogens with zero attached hydrogens (tertiary/aromatic N) is 3. The van der Waals surface area contributed by atoms with Crippen molar-refractivity contribution in [1.29, 1.82) is 0 Å². The van der Waals surface area contributed by atoms with Crippen LogP contribution in [-0.2, 0) is 4.79 Å². The van der Waals surface area contributed by atoms with Crippen LogP contribution < -0.4 is 10.6 Å². The largest absolute Gasteiger partial charge is 0.468 e. The van der Waals surface area contributed by atoms with E-state index in [2.05, 4.69) is 22.5 Å². The summed E-state index contributed by atoms with van der Waals surface area (Å²) in [6.45, 7) is 8.10. The Hall–Kier alpha value is -2.02. The molecule has 2 N–H and O–H groups in total. The van der Waals surface area contributed by atoms with Crippen LogP contribution >= 0.6 is 0 Å². The number of likely N-dealkylation sites (tertiary alicyclic amines) is 2. The van der Waals surface area contributed by atoms with Crippen molar-refractivity contribution in [3.05, 3.63) is 24.2 Å². The lowest BCUT2D eigenvalue weighted by molar-refractivity contribution is -0.129. The quantitative estimate of drug-likeness (QED) is 0.528. The van der Waals surface area contributed by atoms with E-state index >= 15 is 0 Å². The predicted molar refractivity (Wildman–Crippen MR) is 111 cm³/mol. The minimum Gasteiger partial charge on any atom is -0.468 e. The number of amides is 1. The number of nitrogens with one attached hydrogen (secondary N) is 2. The molecule has 0 aliphatic carbocycles. The fourth-order valence-electron chi connectivity index (χ4n) is 4.03.